The monoisotopic (exact) mass is 344 g/mol. The third-order valence-electron chi connectivity index (χ3n) is 4.34. The molecule has 0 aliphatic heterocycles. The molecule has 1 aliphatic rings. The molecular formula is C19H24N2O4. The molecule has 1 aliphatic carbocycles. The van der Waals surface area contributed by atoms with Crippen LogP contribution < -0.4 is 14.8 Å². The summed E-state index contributed by atoms with van der Waals surface area (Å²) in [6.45, 7) is 5.91. The molecule has 1 fully saturated rings. The number of carbonyl (C=O) groups excluding carboxylic acids is 1. The third-order valence-corrected chi connectivity index (χ3v) is 4.34. The van der Waals surface area contributed by atoms with E-state index in [1.807, 2.05) is 45.0 Å². The summed E-state index contributed by atoms with van der Waals surface area (Å²) in [5.74, 6) is 1.87. The third kappa shape index (κ3) is 3.34. The second-order valence-electron chi connectivity index (χ2n) is 7.43. The Morgan fingerprint density at radius 3 is 2.40 bits per heavy atom. The highest BCUT2D eigenvalue weighted by molar-refractivity contribution is 5.91. The molecule has 6 nitrogen and oxygen atoms in total. The van der Waals surface area contributed by atoms with Gasteiger partial charge in [-0.05, 0) is 51.8 Å². The lowest BCUT2D eigenvalue weighted by molar-refractivity contribution is -0.125. The molecular weight excluding hydrogens is 320 g/mol. The van der Waals surface area contributed by atoms with Crippen molar-refractivity contribution in [3.05, 3.63) is 30.0 Å². The number of carbonyl (C=O) groups is 1. The summed E-state index contributed by atoms with van der Waals surface area (Å²) in [6, 6.07) is 7.37. The number of hydrogen-bond donors (Lipinski definition) is 1. The van der Waals surface area contributed by atoms with Gasteiger partial charge in [0.05, 0.1) is 25.3 Å². The first-order chi connectivity index (χ1) is 11.8. The van der Waals surface area contributed by atoms with E-state index in [0.29, 0.717) is 23.0 Å². The largest absolute Gasteiger partial charge is 0.493 e. The molecule has 0 spiro atoms. The Morgan fingerprint density at radius 1 is 1.16 bits per heavy atom. The van der Waals surface area contributed by atoms with Crippen LogP contribution in [0.3, 0.4) is 0 Å². The standard InChI is InChI=1S/C19H24N2O4/c1-18(2,3)20-17(22)19(8-9-19)16-11-14(25-21-16)12-6-7-13(23-4)15(10-12)24-5/h6-7,10-11H,8-9H2,1-5H3,(H,20,22). The van der Waals surface area contributed by atoms with Crippen molar-refractivity contribution in [2.75, 3.05) is 14.2 Å². The molecule has 0 unspecified atom stereocenters. The quantitative estimate of drug-likeness (QED) is 0.901. The number of aromatic nitrogens is 1. The zero-order chi connectivity index (χ0) is 18.2. The number of nitrogens with one attached hydrogen (secondary N) is 1. The number of rotatable bonds is 5. The van der Waals surface area contributed by atoms with Crippen LogP contribution in [0.2, 0.25) is 0 Å². The SMILES string of the molecule is COc1ccc(-c2cc(C3(C(=O)NC(C)(C)C)CC3)no2)cc1OC. The lowest BCUT2D eigenvalue weighted by Gasteiger charge is -2.23. The molecule has 134 valence electrons. The molecule has 1 amide bonds. The molecule has 3 rings (SSSR count). The van der Waals surface area contributed by atoms with E-state index in [4.69, 9.17) is 14.0 Å². The Morgan fingerprint density at radius 2 is 1.84 bits per heavy atom. The first-order valence-electron chi connectivity index (χ1n) is 8.31. The molecule has 25 heavy (non-hydrogen) atoms. The maximum Gasteiger partial charge on any atom is 0.232 e. The Hall–Kier alpha value is -2.50. The van der Waals surface area contributed by atoms with E-state index >= 15 is 0 Å². The molecule has 1 aromatic heterocycles. The van der Waals surface area contributed by atoms with Crippen LogP contribution in [0.15, 0.2) is 28.8 Å². The highest BCUT2D eigenvalue weighted by Gasteiger charge is 2.54. The zero-order valence-corrected chi connectivity index (χ0v) is 15.3. The summed E-state index contributed by atoms with van der Waals surface area (Å²) in [5.41, 5.74) is 0.663. The van der Waals surface area contributed by atoms with Crippen molar-refractivity contribution < 1.29 is 18.8 Å². The van der Waals surface area contributed by atoms with Gasteiger partial charge in [-0.25, -0.2) is 0 Å². The maximum atomic E-state index is 12.6. The Kier molecular flexibility index (Phi) is 4.22. The molecule has 0 radical (unpaired) electrons. The van der Waals surface area contributed by atoms with Crippen LogP contribution in [0.25, 0.3) is 11.3 Å². The lowest BCUT2D eigenvalue weighted by atomic mass is 9.98. The summed E-state index contributed by atoms with van der Waals surface area (Å²) in [5, 5.41) is 7.21. The van der Waals surface area contributed by atoms with Gasteiger partial charge in [-0.1, -0.05) is 5.16 Å². The van der Waals surface area contributed by atoms with Crippen molar-refractivity contribution in [3.63, 3.8) is 0 Å². The van der Waals surface area contributed by atoms with Crippen molar-refractivity contribution in [2.24, 2.45) is 0 Å². The molecule has 1 N–H and O–H groups in total. The van der Waals surface area contributed by atoms with Gasteiger partial charge < -0.3 is 19.3 Å². The molecule has 1 heterocycles. The van der Waals surface area contributed by atoms with Gasteiger partial charge >= 0.3 is 0 Å². The molecule has 0 atom stereocenters. The van der Waals surface area contributed by atoms with Gasteiger partial charge in [0, 0.05) is 17.2 Å². The number of nitrogens with zero attached hydrogens (tertiary/aromatic N) is 1. The maximum absolute atomic E-state index is 12.6. The van der Waals surface area contributed by atoms with Crippen LogP contribution in [-0.4, -0.2) is 30.8 Å². The van der Waals surface area contributed by atoms with Gasteiger partial charge in [-0.2, -0.15) is 0 Å². The van der Waals surface area contributed by atoms with Crippen molar-refractivity contribution in [3.8, 4) is 22.8 Å². The van der Waals surface area contributed by atoms with E-state index in [1.165, 1.54) is 0 Å². The van der Waals surface area contributed by atoms with Crippen molar-refractivity contribution in [1.82, 2.24) is 10.5 Å². The fourth-order valence-corrected chi connectivity index (χ4v) is 2.81. The van der Waals surface area contributed by atoms with Gasteiger partial charge in [-0.3, -0.25) is 4.79 Å². The first-order valence-corrected chi connectivity index (χ1v) is 8.31. The van der Waals surface area contributed by atoms with Crippen LogP contribution in [0, 0.1) is 0 Å². The van der Waals surface area contributed by atoms with Crippen LogP contribution in [-0.2, 0) is 10.2 Å². The molecule has 0 saturated heterocycles. The lowest BCUT2D eigenvalue weighted by Crippen LogP contribution is -2.46. The van der Waals surface area contributed by atoms with Gasteiger partial charge in [0.2, 0.25) is 5.91 Å². The summed E-state index contributed by atoms with van der Waals surface area (Å²) >= 11 is 0. The molecule has 6 heteroatoms. The number of methoxy groups -OCH3 is 2. The molecule has 0 bridgehead atoms. The number of amides is 1. The first kappa shape index (κ1) is 17.3. The van der Waals surface area contributed by atoms with E-state index < -0.39 is 5.41 Å². The van der Waals surface area contributed by atoms with Gasteiger partial charge in [-0.15, -0.1) is 0 Å². The number of hydrogen-bond acceptors (Lipinski definition) is 5. The van der Waals surface area contributed by atoms with Gasteiger partial charge in [0.25, 0.3) is 0 Å². The second kappa shape index (κ2) is 6.10. The fraction of sp³-hybridized carbons (Fsp3) is 0.474. The zero-order valence-electron chi connectivity index (χ0n) is 15.3. The Bertz CT molecular complexity index is 785. The highest BCUT2D eigenvalue weighted by atomic mass is 16.5. The van der Waals surface area contributed by atoms with E-state index in [9.17, 15) is 4.79 Å². The normalized spacial score (nSPS) is 15.6. The molecule has 1 saturated carbocycles. The smallest absolute Gasteiger partial charge is 0.232 e. The predicted molar refractivity (Wildman–Crippen MR) is 93.9 cm³/mol. The molecule has 1 aromatic carbocycles. The summed E-state index contributed by atoms with van der Waals surface area (Å²) in [7, 11) is 3.18. The second-order valence-corrected chi connectivity index (χ2v) is 7.43. The average molecular weight is 344 g/mol. The van der Waals surface area contributed by atoms with E-state index in [1.54, 1.807) is 14.2 Å². The minimum absolute atomic E-state index is 0.00663. The van der Waals surface area contributed by atoms with E-state index in [2.05, 4.69) is 10.5 Å². The van der Waals surface area contributed by atoms with Crippen molar-refractivity contribution in [2.45, 2.75) is 44.6 Å². The van der Waals surface area contributed by atoms with Crippen molar-refractivity contribution in [1.29, 1.82) is 0 Å². The van der Waals surface area contributed by atoms with Crippen molar-refractivity contribution >= 4 is 5.91 Å². The van der Waals surface area contributed by atoms with E-state index in [-0.39, 0.29) is 11.4 Å². The van der Waals surface area contributed by atoms with Crippen LogP contribution in [0.5, 0.6) is 11.5 Å². The summed E-state index contributed by atoms with van der Waals surface area (Å²) < 4.78 is 16.1. The topological polar surface area (TPSA) is 73.6 Å². The average Bonchev–Trinajstić information content (AvgIpc) is 3.23. The minimum Gasteiger partial charge on any atom is -0.493 e. The van der Waals surface area contributed by atoms with E-state index in [0.717, 1.165) is 18.4 Å². The predicted octanol–water partition coefficient (Wildman–Crippen LogP) is 3.31. The van der Waals surface area contributed by atoms with Crippen LogP contribution in [0.4, 0.5) is 0 Å². The van der Waals surface area contributed by atoms with Crippen LogP contribution in [0.1, 0.15) is 39.3 Å². The number of ether oxygens (including phenoxy) is 2. The molecule has 2 aromatic rings. The summed E-state index contributed by atoms with van der Waals surface area (Å²) in [4.78, 5) is 12.6. The Balaban J connectivity index is 1.87. The minimum atomic E-state index is -0.564. The Labute approximate surface area is 147 Å². The van der Waals surface area contributed by atoms with Gasteiger partial charge in [0.15, 0.2) is 17.3 Å². The number of benzene rings is 1. The summed E-state index contributed by atoms with van der Waals surface area (Å²) in [6.07, 6.45) is 1.57. The highest BCUT2D eigenvalue weighted by Crippen LogP contribution is 2.49. The van der Waals surface area contributed by atoms with Gasteiger partial charge in [0.1, 0.15) is 0 Å². The van der Waals surface area contributed by atoms with Crippen LogP contribution >= 0.6 is 0 Å². The fourth-order valence-electron chi connectivity index (χ4n) is 2.81.